The van der Waals surface area contributed by atoms with Gasteiger partial charge in [-0.1, -0.05) is 13.8 Å². The van der Waals surface area contributed by atoms with Gasteiger partial charge in [-0.25, -0.2) is 13.2 Å². The van der Waals surface area contributed by atoms with Crippen LogP contribution in [-0.2, 0) is 19.6 Å². The lowest BCUT2D eigenvalue weighted by molar-refractivity contribution is -0.111. The highest BCUT2D eigenvalue weighted by molar-refractivity contribution is 7.89. The number of sulfonamides is 1. The highest BCUT2D eigenvalue weighted by Gasteiger charge is 2.23. The summed E-state index contributed by atoms with van der Waals surface area (Å²) in [6.07, 6.45) is 2.66. The van der Waals surface area contributed by atoms with Crippen molar-refractivity contribution in [3.63, 3.8) is 0 Å². The number of amides is 1. The van der Waals surface area contributed by atoms with Crippen LogP contribution in [-0.4, -0.2) is 58.9 Å². The third kappa shape index (κ3) is 5.57. The third-order valence-corrected chi connectivity index (χ3v) is 6.84. The maximum Gasteiger partial charge on any atom is 0.341 e. The Morgan fingerprint density at radius 2 is 1.81 bits per heavy atom. The molecule has 1 heterocycles. The second-order valence-corrected chi connectivity index (χ2v) is 9.03. The number of hydrogen-bond acceptors (Lipinski definition) is 7. The smallest absolute Gasteiger partial charge is 0.341 e. The molecule has 2 aromatic rings. The molecule has 0 saturated heterocycles. The van der Waals surface area contributed by atoms with Crippen molar-refractivity contribution in [2.24, 2.45) is 0 Å². The first kappa shape index (κ1) is 25.2. The first-order valence-electron chi connectivity index (χ1n) is 10.0. The van der Waals surface area contributed by atoms with Crippen LogP contribution < -0.4 is 10.2 Å². The molecule has 174 valence electrons. The van der Waals surface area contributed by atoms with E-state index < -0.39 is 21.9 Å². The summed E-state index contributed by atoms with van der Waals surface area (Å²) in [6, 6.07) is 6.09. The Hall–Kier alpha value is -3.11. The molecule has 1 amide bonds. The van der Waals surface area contributed by atoms with Crippen molar-refractivity contribution >= 4 is 39.4 Å². The van der Waals surface area contributed by atoms with Gasteiger partial charge in [0.15, 0.2) is 0 Å². The number of methoxy groups -OCH3 is 1. The Morgan fingerprint density at radius 1 is 1.16 bits per heavy atom. The fourth-order valence-corrected chi connectivity index (χ4v) is 4.60. The second-order valence-electron chi connectivity index (χ2n) is 7.10. The normalized spacial score (nSPS) is 11.7. The fraction of sp³-hybridized carbons (Fsp3) is 0.364. The third-order valence-electron chi connectivity index (χ3n) is 4.79. The van der Waals surface area contributed by atoms with Gasteiger partial charge in [0.05, 0.1) is 23.4 Å². The van der Waals surface area contributed by atoms with Gasteiger partial charge in [-0.2, -0.15) is 4.31 Å². The van der Waals surface area contributed by atoms with Crippen LogP contribution in [0.5, 0.6) is 0 Å². The molecule has 1 N–H and O–H groups in total. The number of carbonyl (C=O) groups is 2. The summed E-state index contributed by atoms with van der Waals surface area (Å²) in [5, 5.41) is 2.72. The Bertz CT molecular complexity index is 1110. The molecule has 0 fully saturated rings. The van der Waals surface area contributed by atoms with Gasteiger partial charge in [0.25, 0.3) is 0 Å². The Morgan fingerprint density at radius 3 is 2.38 bits per heavy atom. The molecule has 0 atom stereocenters. The molecule has 0 bridgehead atoms. The van der Waals surface area contributed by atoms with Gasteiger partial charge in [0, 0.05) is 33.3 Å². The summed E-state index contributed by atoms with van der Waals surface area (Å²) in [5.41, 5.74) is 1.27. The van der Waals surface area contributed by atoms with Crippen LogP contribution in [0.1, 0.15) is 35.7 Å². The monoisotopic (exact) mass is 463 g/mol. The molecule has 0 unspecified atom stereocenters. The highest BCUT2D eigenvalue weighted by atomic mass is 32.2. The summed E-state index contributed by atoms with van der Waals surface area (Å²) in [7, 11) is 1.17. The van der Waals surface area contributed by atoms with E-state index >= 15 is 0 Å². The number of nitrogens with one attached hydrogen (secondary N) is 1. The number of esters is 1. The number of furan rings is 1. The Labute approximate surface area is 188 Å². The lowest BCUT2D eigenvalue weighted by Gasteiger charge is -2.22. The molecular formula is C22H29N3O6S. The Kier molecular flexibility index (Phi) is 8.23. The van der Waals surface area contributed by atoms with Crippen LogP contribution in [0.15, 0.2) is 39.7 Å². The second kappa shape index (κ2) is 10.5. The van der Waals surface area contributed by atoms with Gasteiger partial charge >= 0.3 is 5.97 Å². The lowest BCUT2D eigenvalue weighted by atomic mass is 10.2. The minimum Gasteiger partial charge on any atom is -0.465 e. The molecule has 0 saturated carbocycles. The zero-order valence-electron chi connectivity index (χ0n) is 19.1. The SMILES string of the molecule is CCN(CC)S(=O)(=O)c1ccc(N(C)C)c(NC(=O)/C=C/c2cc(C(=O)OC)c(C)o2)c1. The van der Waals surface area contributed by atoms with E-state index in [1.54, 1.807) is 45.8 Å². The number of nitrogens with zero attached hydrogens (tertiary/aromatic N) is 2. The summed E-state index contributed by atoms with van der Waals surface area (Å²) in [5.74, 6) is -0.332. The van der Waals surface area contributed by atoms with Gasteiger partial charge < -0.3 is 19.4 Å². The first-order valence-corrected chi connectivity index (χ1v) is 11.5. The fourth-order valence-electron chi connectivity index (χ4n) is 3.11. The molecule has 0 radical (unpaired) electrons. The molecule has 9 nitrogen and oxygen atoms in total. The van der Waals surface area contributed by atoms with Crippen LogP contribution in [0.3, 0.4) is 0 Å². The standard InChI is InChI=1S/C22H29N3O6S/c1-7-25(8-2)32(28,29)17-10-11-20(24(4)5)19(14-17)23-21(26)12-9-16-13-18(15(3)31-16)22(27)30-6/h9-14H,7-8H2,1-6H3,(H,23,26)/b12-9+. The average molecular weight is 464 g/mol. The number of aryl methyl sites for hydroxylation is 1. The Balaban J connectivity index is 2.31. The van der Waals surface area contributed by atoms with Crippen molar-refractivity contribution in [1.82, 2.24) is 4.31 Å². The van der Waals surface area contributed by atoms with Crippen LogP contribution in [0.25, 0.3) is 6.08 Å². The van der Waals surface area contributed by atoms with Crippen LogP contribution in [0.2, 0.25) is 0 Å². The van der Waals surface area contributed by atoms with E-state index in [0.29, 0.717) is 36.0 Å². The molecule has 1 aromatic carbocycles. The molecule has 0 spiro atoms. The van der Waals surface area contributed by atoms with Crippen molar-refractivity contribution in [3.8, 4) is 0 Å². The van der Waals surface area contributed by atoms with Crippen LogP contribution in [0.4, 0.5) is 11.4 Å². The molecule has 0 aliphatic rings. The number of ether oxygens (including phenoxy) is 1. The van der Waals surface area contributed by atoms with E-state index in [4.69, 9.17) is 4.42 Å². The van der Waals surface area contributed by atoms with Gasteiger partial charge in [-0.3, -0.25) is 4.79 Å². The lowest BCUT2D eigenvalue weighted by Crippen LogP contribution is -2.30. The van der Waals surface area contributed by atoms with Crippen molar-refractivity contribution in [2.45, 2.75) is 25.7 Å². The van der Waals surface area contributed by atoms with Crippen molar-refractivity contribution in [2.75, 3.05) is 44.5 Å². The zero-order chi connectivity index (χ0) is 24.1. The zero-order valence-corrected chi connectivity index (χ0v) is 19.9. The number of rotatable bonds is 9. The molecule has 0 aliphatic heterocycles. The number of benzene rings is 1. The molecule has 10 heteroatoms. The van der Waals surface area contributed by atoms with E-state index in [0.717, 1.165) is 0 Å². The molecule has 0 aliphatic carbocycles. The minimum atomic E-state index is -3.68. The van der Waals surface area contributed by atoms with Crippen molar-refractivity contribution in [3.05, 3.63) is 47.4 Å². The van der Waals surface area contributed by atoms with E-state index in [1.165, 1.54) is 41.8 Å². The summed E-state index contributed by atoms with van der Waals surface area (Å²) in [6.45, 7) is 5.84. The predicted octanol–water partition coefficient (Wildman–Crippen LogP) is 3.12. The number of anilines is 2. The van der Waals surface area contributed by atoms with Gasteiger partial charge in [-0.05, 0) is 37.3 Å². The maximum atomic E-state index is 12.9. The van der Waals surface area contributed by atoms with Gasteiger partial charge in [0.1, 0.15) is 17.1 Å². The molecule has 2 rings (SSSR count). The van der Waals surface area contributed by atoms with E-state index in [1.807, 2.05) is 0 Å². The predicted molar refractivity (Wildman–Crippen MR) is 123 cm³/mol. The number of hydrogen-bond donors (Lipinski definition) is 1. The highest BCUT2D eigenvalue weighted by Crippen LogP contribution is 2.29. The summed E-state index contributed by atoms with van der Waals surface area (Å²) < 4.78 is 37.2. The minimum absolute atomic E-state index is 0.0930. The average Bonchev–Trinajstić information content (AvgIpc) is 3.12. The van der Waals surface area contributed by atoms with E-state index in [-0.39, 0.29) is 10.5 Å². The maximum absolute atomic E-state index is 12.9. The van der Waals surface area contributed by atoms with Crippen molar-refractivity contribution < 1.29 is 27.2 Å². The van der Waals surface area contributed by atoms with Gasteiger partial charge in [0.2, 0.25) is 15.9 Å². The van der Waals surface area contributed by atoms with E-state index in [2.05, 4.69) is 10.1 Å². The van der Waals surface area contributed by atoms with Crippen LogP contribution >= 0.6 is 0 Å². The quantitative estimate of drug-likeness (QED) is 0.449. The summed E-state index contributed by atoms with van der Waals surface area (Å²) in [4.78, 5) is 26.1. The topological polar surface area (TPSA) is 109 Å². The number of carbonyl (C=O) groups excluding carboxylic acids is 2. The molecular weight excluding hydrogens is 434 g/mol. The molecule has 1 aromatic heterocycles. The summed E-state index contributed by atoms with van der Waals surface area (Å²) >= 11 is 0. The van der Waals surface area contributed by atoms with Crippen molar-refractivity contribution in [1.29, 1.82) is 0 Å². The van der Waals surface area contributed by atoms with E-state index in [9.17, 15) is 18.0 Å². The largest absolute Gasteiger partial charge is 0.465 e. The molecule has 32 heavy (non-hydrogen) atoms. The first-order chi connectivity index (χ1) is 15.0. The van der Waals surface area contributed by atoms with Crippen LogP contribution in [0, 0.1) is 6.92 Å². The van der Waals surface area contributed by atoms with Gasteiger partial charge in [-0.15, -0.1) is 0 Å².